The maximum absolute atomic E-state index is 4.20. The molecule has 0 fully saturated rings. The first kappa shape index (κ1) is 9.73. The van der Waals surface area contributed by atoms with Gasteiger partial charge in [0.15, 0.2) is 0 Å². The molecule has 0 unspecified atom stereocenters. The monoisotopic (exact) mass is 198 g/mol. The molecule has 0 radical (unpaired) electrons. The van der Waals surface area contributed by atoms with Gasteiger partial charge in [-0.25, -0.2) is 4.98 Å². The lowest BCUT2D eigenvalue weighted by Gasteiger charge is -2.13. The van der Waals surface area contributed by atoms with Crippen LogP contribution in [0.3, 0.4) is 0 Å². The van der Waals surface area contributed by atoms with Crippen molar-refractivity contribution in [2.75, 3.05) is 5.38 Å². The summed E-state index contributed by atoms with van der Waals surface area (Å²) in [6, 6.07) is 0. The number of aromatic nitrogens is 2. The Balaban J connectivity index is 2.44. The number of thioether (sulfide) groups is 1. The second kappa shape index (κ2) is 4.05. The van der Waals surface area contributed by atoms with Gasteiger partial charge < -0.3 is 0 Å². The van der Waals surface area contributed by atoms with Crippen molar-refractivity contribution in [1.29, 1.82) is 0 Å². The minimum absolute atomic E-state index is 0.945. The average molecular weight is 198 g/mol. The average Bonchev–Trinajstić information content (AvgIpc) is 2.02. The summed E-state index contributed by atoms with van der Waals surface area (Å²) in [5, 5.41) is 2.26. The minimum atomic E-state index is -0.945. The lowest BCUT2D eigenvalue weighted by molar-refractivity contribution is 1.06. The Hall–Kier alpha value is -0.353. The van der Waals surface area contributed by atoms with E-state index in [9.17, 15) is 0 Å². The van der Waals surface area contributed by atoms with E-state index in [1.54, 1.807) is 12.4 Å². The van der Waals surface area contributed by atoms with Crippen LogP contribution >= 0.6 is 11.8 Å². The lowest BCUT2D eigenvalue weighted by Crippen LogP contribution is -2.23. The number of hydrogen-bond donors (Lipinski definition) is 0. The molecule has 0 aliphatic carbocycles. The van der Waals surface area contributed by atoms with Crippen molar-refractivity contribution in [2.45, 2.75) is 24.7 Å². The Kier molecular flexibility index (Phi) is 3.28. The maximum Gasteiger partial charge on any atom is 0.114 e. The van der Waals surface area contributed by atoms with Gasteiger partial charge in [0.2, 0.25) is 0 Å². The molecule has 0 aliphatic rings. The molecule has 0 saturated heterocycles. The third-order valence-electron chi connectivity index (χ3n) is 1.19. The van der Waals surface area contributed by atoms with Crippen LogP contribution in [0.5, 0.6) is 0 Å². The van der Waals surface area contributed by atoms with Crippen molar-refractivity contribution >= 4 is 19.8 Å². The number of rotatable bonds is 3. The van der Waals surface area contributed by atoms with Crippen LogP contribution in [0, 0.1) is 0 Å². The molecule has 12 heavy (non-hydrogen) atoms. The van der Waals surface area contributed by atoms with Crippen molar-refractivity contribution in [3.8, 4) is 0 Å². The van der Waals surface area contributed by atoms with Crippen molar-refractivity contribution in [3.63, 3.8) is 0 Å². The molecule has 1 aromatic rings. The number of nitrogens with zero attached hydrogens (tertiary/aromatic N) is 2. The zero-order valence-electron chi connectivity index (χ0n) is 7.74. The first-order chi connectivity index (χ1) is 5.58. The van der Waals surface area contributed by atoms with Crippen LogP contribution in [0.4, 0.5) is 0 Å². The van der Waals surface area contributed by atoms with Crippen LogP contribution in [0.15, 0.2) is 23.6 Å². The molecule has 1 rings (SSSR count). The highest BCUT2D eigenvalue weighted by atomic mass is 32.2. The Bertz CT molecular complexity index is 233. The van der Waals surface area contributed by atoms with E-state index in [2.05, 4.69) is 29.6 Å². The standard InChI is InChI=1S/C8H14N2SSi/c1-12(2,3)7-11-8-6-9-4-5-10-8/h4-6H,7H2,1-3H3. The zero-order chi connectivity index (χ0) is 9.03. The Morgan fingerprint density at radius 2 is 2.08 bits per heavy atom. The van der Waals surface area contributed by atoms with E-state index in [1.165, 1.54) is 5.38 Å². The van der Waals surface area contributed by atoms with E-state index in [0.717, 1.165) is 5.03 Å². The third-order valence-corrected chi connectivity index (χ3v) is 5.74. The van der Waals surface area contributed by atoms with Gasteiger partial charge in [-0.3, -0.25) is 4.98 Å². The molecular formula is C8H14N2SSi. The van der Waals surface area contributed by atoms with Crippen LogP contribution in [0.2, 0.25) is 19.6 Å². The SMILES string of the molecule is C[Si](C)(C)CSc1cnccn1. The van der Waals surface area contributed by atoms with Gasteiger partial charge in [0.1, 0.15) is 5.03 Å². The van der Waals surface area contributed by atoms with Gasteiger partial charge in [-0.15, -0.1) is 11.8 Å². The van der Waals surface area contributed by atoms with Crippen molar-refractivity contribution in [1.82, 2.24) is 9.97 Å². The van der Waals surface area contributed by atoms with Crippen molar-refractivity contribution in [3.05, 3.63) is 18.6 Å². The predicted molar refractivity (Wildman–Crippen MR) is 56.1 cm³/mol. The van der Waals surface area contributed by atoms with E-state index >= 15 is 0 Å². The Morgan fingerprint density at radius 3 is 2.58 bits per heavy atom. The summed E-state index contributed by atoms with van der Waals surface area (Å²) in [5.41, 5.74) is 0. The van der Waals surface area contributed by atoms with Crippen molar-refractivity contribution in [2.24, 2.45) is 0 Å². The molecule has 0 N–H and O–H groups in total. The molecule has 2 nitrogen and oxygen atoms in total. The van der Waals surface area contributed by atoms with Gasteiger partial charge in [-0.2, -0.15) is 0 Å². The predicted octanol–water partition coefficient (Wildman–Crippen LogP) is 2.45. The summed E-state index contributed by atoms with van der Waals surface area (Å²) in [5.74, 6) is 0. The van der Waals surface area contributed by atoms with Crippen LogP contribution in [0.1, 0.15) is 0 Å². The molecule has 0 atom stereocenters. The molecule has 0 aromatic carbocycles. The molecule has 1 heterocycles. The van der Waals surface area contributed by atoms with Crippen LogP contribution in [0.25, 0.3) is 0 Å². The van der Waals surface area contributed by atoms with E-state index in [1.807, 2.05) is 18.0 Å². The quantitative estimate of drug-likeness (QED) is 0.551. The highest BCUT2D eigenvalue weighted by Crippen LogP contribution is 2.18. The smallest absolute Gasteiger partial charge is 0.114 e. The van der Waals surface area contributed by atoms with Gasteiger partial charge >= 0.3 is 0 Å². The first-order valence-electron chi connectivity index (χ1n) is 3.97. The molecule has 1 aromatic heterocycles. The van der Waals surface area contributed by atoms with Gasteiger partial charge in [0.05, 0.1) is 14.3 Å². The summed E-state index contributed by atoms with van der Waals surface area (Å²) in [4.78, 5) is 8.22. The van der Waals surface area contributed by atoms with E-state index < -0.39 is 8.07 Å². The van der Waals surface area contributed by atoms with Gasteiger partial charge in [-0.05, 0) is 5.38 Å². The van der Waals surface area contributed by atoms with Crippen LogP contribution in [-0.2, 0) is 0 Å². The van der Waals surface area contributed by atoms with Gasteiger partial charge in [0.25, 0.3) is 0 Å². The highest BCUT2D eigenvalue weighted by molar-refractivity contribution is 8.00. The van der Waals surface area contributed by atoms with E-state index in [0.29, 0.717) is 0 Å². The zero-order valence-corrected chi connectivity index (χ0v) is 9.56. The molecule has 0 spiro atoms. The fourth-order valence-corrected chi connectivity index (χ4v) is 3.24. The Labute approximate surface area is 78.8 Å². The molecule has 0 amide bonds. The summed E-state index contributed by atoms with van der Waals surface area (Å²) in [7, 11) is -0.945. The van der Waals surface area contributed by atoms with Crippen LogP contribution in [-0.4, -0.2) is 23.4 Å². The second-order valence-corrected chi connectivity index (χ2v) is 10.9. The fourth-order valence-electron chi connectivity index (χ4n) is 0.650. The van der Waals surface area contributed by atoms with Crippen molar-refractivity contribution < 1.29 is 0 Å². The first-order valence-corrected chi connectivity index (χ1v) is 8.66. The fraction of sp³-hybridized carbons (Fsp3) is 0.500. The molecule has 0 aliphatic heterocycles. The molecule has 4 heteroatoms. The van der Waals surface area contributed by atoms with Gasteiger partial charge in [0, 0.05) is 12.4 Å². The maximum atomic E-state index is 4.20. The largest absolute Gasteiger partial charge is 0.260 e. The lowest BCUT2D eigenvalue weighted by atomic mass is 10.8. The second-order valence-electron chi connectivity index (χ2n) is 3.89. The molecule has 0 bridgehead atoms. The molecular weight excluding hydrogens is 184 g/mol. The highest BCUT2D eigenvalue weighted by Gasteiger charge is 2.13. The van der Waals surface area contributed by atoms with E-state index in [4.69, 9.17) is 0 Å². The summed E-state index contributed by atoms with van der Waals surface area (Å²) < 4.78 is 0. The van der Waals surface area contributed by atoms with Gasteiger partial charge in [-0.1, -0.05) is 19.6 Å². The Morgan fingerprint density at radius 1 is 1.33 bits per heavy atom. The number of hydrogen-bond acceptors (Lipinski definition) is 3. The van der Waals surface area contributed by atoms with Crippen LogP contribution < -0.4 is 0 Å². The summed E-state index contributed by atoms with van der Waals surface area (Å²) >= 11 is 1.82. The minimum Gasteiger partial charge on any atom is -0.260 e. The summed E-state index contributed by atoms with van der Waals surface area (Å²) in [6.07, 6.45) is 5.27. The topological polar surface area (TPSA) is 25.8 Å². The molecule has 66 valence electrons. The normalized spacial score (nSPS) is 11.6. The summed E-state index contributed by atoms with van der Waals surface area (Å²) in [6.45, 7) is 7.07. The third kappa shape index (κ3) is 3.87. The van der Waals surface area contributed by atoms with E-state index in [-0.39, 0.29) is 0 Å². The molecule has 0 saturated carbocycles.